The second-order valence-corrected chi connectivity index (χ2v) is 7.50. The van der Waals surface area contributed by atoms with E-state index in [1.54, 1.807) is 0 Å². The van der Waals surface area contributed by atoms with Gasteiger partial charge in [0.1, 0.15) is 6.10 Å². The van der Waals surface area contributed by atoms with Crippen molar-refractivity contribution in [3.63, 3.8) is 0 Å². The summed E-state index contributed by atoms with van der Waals surface area (Å²) in [5.41, 5.74) is -1.07. The average molecular weight is 379 g/mol. The van der Waals surface area contributed by atoms with Crippen LogP contribution in [-0.4, -0.2) is 39.5 Å². The summed E-state index contributed by atoms with van der Waals surface area (Å²) in [6.07, 6.45) is -6.41. The van der Waals surface area contributed by atoms with Crippen molar-refractivity contribution in [2.24, 2.45) is 0 Å². The van der Waals surface area contributed by atoms with Crippen molar-refractivity contribution in [3.05, 3.63) is 29.3 Å². The van der Waals surface area contributed by atoms with Gasteiger partial charge in [-0.1, -0.05) is 0 Å². The lowest BCUT2D eigenvalue weighted by Gasteiger charge is -2.55. The second-order valence-electron chi connectivity index (χ2n) is 5.73. The molecule has 136 valence electrons. The van der Waals surface area contributed by atoms with Gasteiger partial charge < -0.3 is 14.5 Å². The molecule has 2 N–H and O–H groups in total. The summed E-state index contributed by atoms with van der Waals surface area (Å²) in [6, 6.07) is 2.43. The molecule has 3 rings (SSSR count). The fraction of sp³-hybridized carbons (Fsp3) is 0.429. The van der Waals surface area contributed by atoms with E-state index in [2.05, 4.69) is 0 Å². The van der Waals surface area contributed by atoms with E-state index in [4.69, 9.17) is 4.74 Å². The molecule has 0 radical (unpaired) electrons. The highest BCUT2D eigenvalue weighted by molar-refractivity contribution is 7.56. The SMILES string of the molecule is CCOC1Cc2cc(C(F)(F)F)ccc2N2C(=O)C(=O)C12P(=O)(O)O. The Kier molecular flexibility index (Phi) is 3.88. The molecule has 0 aromatic heterocycles. The molecule has 2 aliphatic heterocycles. The molecule has 11 heteroatoms. The number of halogens is 3. The largest absolute Gasteiger partial charge is 0.416 e. The van der Waals surface area contributed by atoms with Crippen LogP contribution in [0.4, 0.5) is 18.9 Å². The molecule has 1 aromatic carbocycles. The minimum Gasteiger partial charge on any atom is -0.374 e. The summed E-state index contributed by atoms with van der Waals surface area (Å²) in [5, 5.41) is -2.52. The molecule has 1 aromatic rings. The molecule has 0 bridgehead atoms. The number of anilines is 1. The lowest BCUT2D eigenvalue weighted by atomic mass is 9.82. The zero-order valence-electron chi connectivity index (χ0n) is 12.8. The fourth-order valence-electron chi connectivity index (χ4n) is 3.36. The number of β-lactam (4-membered cyclic amide) rings is 1. The van der Waals surface area contributed by atoms with Crippen LogP contribution in [0.2, 0.25) is 0 Å². The minimum absolute atomic E-state index is 0.0261. The monoisotopic (exact) mass is 379 g/mol. The first-order valence-corrected chi connectivity index (χ1v) is 8.83. The first kappa shape index (κ1) is 18.1. The van der Waals surface area contributed by atoms with E-state index in [1.165, 1.54) is 6.92 Å². The second kappa shape index (κ2) is 5.38. The maximum Gasteiger partial charge on any atom is 0.416 e. The summed E-state index contributed by atoms with van der Waals surface area (Å²) in [5.74, 6) is -2.49. The van der Waals surface area contributed by atoms with Gasteiger partial charge in [0.05, 0.1) is 5.56 Å². The fourth-order valence-corrected chi connectivity index (χ4v) is 4.72. The Morgan fingerprint density at radius 2 is 2.00 bits per heavy atom. The first-order valence-electron chi connectivity index (χ1n) is 7.22. The van der Waals surface area contributed by atoms with Crippen molar-refractivity contribution in [3.8, 4) is 0 Å². The zero-order valence-corrected chi connectivity index (χ0v) is 13.7. The summed E-state index contributed by atoms with van der Waals surface area (Å²) >= 11 is 0. The molecular formula is C14H13F3NO6P. The van der Waals surface area contributed by atoms with Crippen molar-refractivity contribution in [1.82, 2.24) is 0 Å². The number of ketones is 1. The molecule has 2 atom stereocenters. The number of nitrogens with zero attached hydrogens (tertiary/aromatic N) is 1. The molecule has 0 aliphatic carbocycles. The summed E-state index contributed by atoms with van der Waals surface area (Å²) < 4.78 is 56.0. The molecule has 2 unspecified atom stereocenters. The third kappa shape index (κ3) is 2.28. The van der Waals surface area contributed by atoms with Crippen LogP contribution in [0.3, 0.4) is 0 Å². The van der Waals surface area contributed by atoms with Gasteiger partial charge in [-0.25, -0.2) is 0 Å². The third-order valence-corrected chi connectivity index (χ3v) is 5.97. The lowest BCUT2D eigenvalue weighted by molar-refractivity contribution is -0.151. The number of alkyl halides is 3. The number of carbonyl (C=O) groups is 2. The van der Waals surface area contributed by atoms with Crippen LogP contribution < -0.4 is 4.90 Å². The molecule has 2 aliphatic rings. The van der Waals surface area contributed by atoms with Crippen molar-refractivity contribution in [2.45, 2.75) is 30.9 Å². The molecule has 7 nitrogen and oxygen atoms in total. The van der Waals surface area contributed by atoms with Crippen LogP contribution >= 0.6 is 7.60 Å². The Morgan fingerprint density at radius 1 is 1.36 bits per heavy atom. The molecule has 25 heavy (non-hydrogen) atoms. The highest BCUT2D eigenvalue weighted by Gasteiger charge is 2.76. The smallest absolute Gasteiger partial charge is 0.374 e. The molecule has 1 amide bonds. The van der Waals surface area contributed by atoms with Gasteiger partial charge >= 0.3 is 13.8 Å². The Morgan fingerprint density at radius 3 is 2.52 bits per heavy atom. The van der Waals surface area contributed by atoms with Crippen LogP contribution in [0.15, 0.2) is 18.2 Å². The van der Waals surface area contributed by atoms with E-state index >= 15 is 0 Å². The normalized spacial score (nSPS) is 26.2. The van der Waals surface area contributed by atoms with Crippen LogP contribution in [0.25, 0.3) is 0 Å². The highest BCUT2D eigenvalue weighted by atomic mass is 31.2. The molecule has 1 fully saturated rings. The number of rotatable bonds is 3. The number of ether oxygens (including phenoxy) is 1. The third-order valence-electron chi connectivity index (χ3n) is 4.39. The maximum absolute atomic E-state index is 12.9. The van der Waals surface area contributed by atoms with Crippen LogP contribution in [0.1, 0.15) is 18.1 Å². The van der Waals surface area contributed by atoms with Gasteiger partial charge in [-0.05, 0) is 30.7 Å². The van der Waals surface area contributed by atoms with E-state index in [9.17, 15) is 37.1 Å². The number of Topliss-reactive ketones (excluding diaryl/α,β-unsaturated/α-hetero) is 1. The number of amides is 1. The van der Waals surface area contributed by atoms with Gasteiger partial charge in [0, 0.05) is 18.7 Å². The number of hydrogen-bond acceptors (Lipinski definition) is 4. The van der Waals surface area contributed by atoms with E-state index in [-0.39, 0.29) is 24.3 Å². The summed E-state index contributed by atoms with van der Waals surface area (Å²) in [7, 11) is -5.19. The van der Waals surface area contributed by atoms with Crippen LogP contribution in [0.5, 0.6) is 0 Å². The number of benzene rings is 1. The molecular weight excluding hydrogens is 366 g/mol. The van der Waals surface area contributed by atoms with E-state index in [0.717, 1.165) is 12.1 Å². The van der Waals surface area contributed by atoms with Crippen LogP contribution in [-0.2, 0) is 31.5 Å². The topological polar surface area (TPSA) is 104 Å². The highest BCUT2D eigenvalue weighted by Crippen LogP contribution is 2.63. The maximum atomic E-state index is 12.9. The van der Waals surface area contributed by atoms with Gasteiger partial charge in [0.2, 0.25) is 5.28 Å². The molecule has 2 heterocycles. The lowest BCUT2D eigenvalue weighted by Crippen LogP contribution is -2.79. The predicted molar refractivity (Wildman–Crippen MR) is 77.8 cm³/mol. The van der Waals surface area contributed by atoms with Gasteiger partial charge in [0.25, 0.3) is 11.7 Å². The number of hydrogen-bond donors (Lipinski definition) is 2. The Hall–Kier alpha value is -1.74. The number of fused-ring (bicyclic) bond motifs is 3. The summed E-state index contributed by atoms with van der Waals surface area (Å²) in [6.45, 7) is 1.46. The van der Waals surface area contributed by atoms with Crippen LogP contribution in [0, 0.1) is 0 Å². The van der Waals surface area contributed by atoms with Gasteiger partial charge in [-0.2, -0.15) is 13.2 Å². The van der Waals surface area contributed by atoms with E-state index in [1.807, 2.05) is 0 Å². The first-order chi connectivity index (χ1) is 11.5. The van der Waals surface area contributed by atoms with Gasteiger partial charge in [-0.3, -0.25) is 19.1 Å². The predicted octanol–water partition coefficient (Wildman–Crippen LogP) is 1.46. The van der Waals surface area contributed by atoms with Crippen molar-refractivity contribution in [2.75, 3.05) is 11.5 Å². The van der Waals surface area contributed by atoms with E-state index in [0.29, 0.717) is 11.0 Å². The molecule has 0 saturated carbocycles. The quantitative estimate of drug-likeness (QED) is 0.468. The van der Waals surface area contributed by atoms with Gasteiger partial charge in [0.15, 0.2) is 0 Å². The van der Waals surface area contributed by atoms with Gasteiger partial charge in [-0.15, -0.1) is 0 Å². The summed E-state index contributed by atoms with van der Waals surface area (Å²) in [4.78, 5) is 44.2. The standard InChI is InChI=1S/C14H13F3NO6P/c1-2-24-10-6-7-5-8(14(15,16)17)3-4-9(7)18-12(20)11(19)13(10,18)25(21,22)23/h3-5,10H,2,6H2,1H3,(H2,21,22,23). The van der Waals surface area contributed by atoms with Crippen molar-refractivity contribution in [1.29, 1.82) is 0 Å². The average Bonchev–Trinajstić information content (AvgIpc) is 2.50. The molecule has 1 saturated heterocycles. The van der Waals surface area contributed by atoms with Crippen molar-refractivity contribution >= 4 is 25.0 Å². The van der Waals surface area contributed by atoms with E-state index < -0.39 is 42.4 Å². The van der Waals surface area contributed by atoms with Crippen molar-refractivity contribution < 1.29 is 41.8 Å². The Balaban J connectivity index is 2.22. The minimum atomic E-state index is -5.19. The Labute approximate surface area is 139 Å². The Bertz CT molecular complexity index is 819. The molecule has 0 spiro atoms. The zero-order chi connectivity index (χ0) is 18.8. The number of carbonyl (C=O) groups excluding carboxylic acids is 2.